The van der Waals surface area contributed by atoms with Crippen molar-refractivity contribution < 1.29 is 9.53 Å². The number of ether oxygens (including phenoxy) is 1. The van der Waals surface area contributed by atoms with E-state index in [0.717, 1.165) is 39.1 Å². The van der Waals surface area contributed by atoms with Crippen LogP contribution < -0.4 is 10.6 Å². The molecule has 2 N–H and O–H groups in total. The molecule has 1 aliphatic heterocycles. The van der Waals surface area contributed by atoms with Gasteiger partial charge in [-0.15, -0.1) is 0 Å². The summed E-state index contributed by atoms with van der Waals surface area (Å²) >= 11 is 0. The van der Waals surface area contributed by atoms with Gasteiger partial charge < -0.3 is 15.4 Å². The molecule has 0 aromatic heterocycles. The maximum absolute atomic E-state index is 12.1. The zero-order valence-corrected chi connectivity index (χ0v) is 11.0. The van der Waals surface area contributed by atoms with Gasteiger partial charge in [0, 0.05) is 26.8 Å². The first-order valence-corrected chi connectivity index (χ1v) is 6.58. The number of hydrogen-bond acceptors (Lipinski definition) is 3. The Morgan fingerprint density at radius 3 is 2.71 bits per heavy atom. The summed E-state index contributed by atoms with van der Waals surface area (Å²) in [5, 5.41) is 6.40. The lowest BCUT2D eigenvalue weighted by Gasteiger charge is -2.24. The van der Waals surface area contributed by atoms with E-state index in [2.05, 4.69) is 17.6 Å². The number of carbonyl (C=O) groups is 1. The summed E-state index contributed by atoms with van der Waals surface area (Å²) in [6.45, 7) is 5.44. The average molecular weight is 240 g/mol. The largest absolute Gasteiger partial charge is 0.385 e. The Kier molecular flexibility index (Phi) is 3.73. The number of hydrogen-bond donors (Lipinski definition) is 2. The fourth-order valence-corrected chi connectivity index (χ4v) is 2.50. The van der Waals surface area contributed by atoms with Crippen LogP contribution in [0, 0.1) is 10.8 Å². The van der Waals surface area contributed by atoms with Crippen molar-refractivity contribution >= 4 is 5.91 Å². The molecule has 17 heavy (non-hydrogen) atoms. The highest BCUT2D eigenvalue weighted by Gasteiger charge is 2.44. The van der Waals surface area contributed by atoms with E-state index in [9.17, 15) is 4.79 Å². The predicted molar refractivity (Wildman–Crippen MR) is 66.8 cm³/mol. The number of rotatable bonds is 6. The molecule has 1 saturated heterocycles. The van der Waals surface area contributed by atoms with Gasteiger partial charge in [0.15, 0.2) is 0 Å². The molecule has 98 valence electrons. The summed E-state index contributed by atoms with van der Waals surface area (Å²) in [4.78, 5) is 12.1. The smallest absolute Gasteiger partial charge is 0.227 e. The standard InChI is InChI=1S/C13H24N2O2/c1-12(5-7-14-9-12)11(16)15-10-13(3-4-13)6-8-17-2/h14H,3-10H2,1-2H3,(H,15,16). The van der Waals surface area contributed by atoms with Crippen LogP contribution in [0.2, 0.25) is 0 Å². The third-order valence-corrected chi connectivity index (χ3v) is 4.33. The summed E-state index contributed by atoms with van der Waals surface area (Å²) in [5.74, 6) is 0.214. The van der Waals surface area contributed by atoms with E-state index in [0.29, 0.717) is 5.41 Å². The van der Waals surface area contributed by atoms with E-state index in [4.69, 9.17) is 4.74 Å². The van der Waals surface area contributed by atoms with E-state index in [1.54, 1.807) is 7.11 Å². The molecular formula is C13H24N2O2. The first kappa shape index (κ1) is 12.8. The molecule has 2 rings (SSSR count). The van der Waals surface area contributed by atoms with Crippen LogP contribution >= 0.6 is 0 Å². The quantitative estimate of drug-likeness (QED) is 0.726. The van der Waals surface area contributed by atoms with Crippen molar-refractivity contribution in [2.45, 2.75) is 32.6 Å². The SMILES string of the molecule is COCCC1(CNC(=O)C2(C)CCNC2)CC1. The van der Waals surface area contributed by atoms with Crippen LogP contribution in [0.15, 0.2) is 0 Å². The highest BCUT2D eigenvalue weighted by Crippen LogP contribution is 2.48. The molecule has 1 aliphatic carbocycles. The van der Waals surface area contributed by atoms with Gasteiger partial charge in [-0.25, -0.2) is 0 Å². The van der Waals surface area contributed by atoms with Crippen molar-refractivity contribution in [1.82, 2.24) is 10.6 Å². The second-order valence-corrected chi connectivity index (χ2v) is 5.91. The van der Waals surface area contributed by atoms with Gasteiger partial charge in [0.05, 0.1) is 5.41 Å². The third kappa shape index (κ3) is 2.99. The second kappa shape index (κ2) is 4.94. The Bertz CT molecular complexity index is 281. The van der Waals surface area contributed by atoms with Crippen LogP contribution in [0.3, 0.4) is 0 Å². The molecule has 1 amide bonds. The van der Waals surface area contributed by atoms with Crippen molar-refractivity contribution in [2.75, 3.05) is 33.4 Å². The molecule has 0 spiro atoms. The first-order valence-electron chi connectivity index (χ1n) is 6.58. The van der Waals surface area contributed by atoms with Crippen LogP contribution in [0.25, 0.3) is 0 Å². The Morgan fingerprint density at radius 1 is 1.41 bits per heavy atom. The van der Waals surface area contributed by atoms with E-state index in [-0.39, 0.29) is 11.3 Å². The van der Waals surface area contributed by atoms with E-state index >= 15 is 0 Å². The maximum Gasteiger partial charge on any atom is 0.227 e. The zero-order valence-electron chi connectivity index (χ0n) is 11.0. The lowest BCUT2D eigenvalue weighted by molar-refractivity contribution is -0.129. The summed E-state index contributed by atoms with van der Waals surface area (Å²) in [5.41, 5.74) is 0.144. The summed E-state index contributed by atoms with van der Waals surface area (Å²) < 4.78 is 5.12. The molecule has 2 aliphatic rings. The second-order valence-electron chi connectivity index (χ2n) is 5.91. The molecule has 0 radical (unpaired) electrons. The van der Waals surface area contributed by atoms with Gasteiger partial charge in [0.2, 0.25) is 5.91 Å². The van der Waals surface area contributed by atoms with Crippen molar-refractivity contribution in [3.8, 4) is 0 Å². The molecule has 0 aromatic carbocycles. The zero-order chi connectivity index (χ0) is 12.4. The van der Waals surface area contributed by atoms with Gasteiger partial charge in [-0.3, -0.25) is 4.79 Å². The Balaban J connectivity index is 1.76. The van der Waals surface area contributed by atoms with Crippen LogP contribution in [0.5, 0.6) is 0 Å². The molecule has 0 aromatic rings. The van der Waals surface area contributed by atoms with Crippen molar-refractivity contribution in [3.63, 3.8) is 0 Å². The number of methoxy groups -OCH3 is 1. The van der Waals surface area contributed by atoms with Crippen molar-refractivity contribution in [2.24, 2.45) is 10.8 Å². The molecule has 2 fully saturated rings. The van der Waals surface area contributed by atoms with Gasteiger partial charge in [-0.05, 0) is 44.6 Å². The van der Waals surface area contributed by atoms with Gasteiger partial charge in [0.1, 0.15) is 0 Å². The Hall–Kier alpha value is -0.610. The molecule has 1 heterocycles. The van der Waals surface area contributed by atoms with E-state index < -0.39 is 0 Å². The summed E-state index contributed by atoms with van der Waals surface area (Å²) in [6, 6.07) is 0. The predicted octanol–water partition coefficient (Wildman–Crippen LogP) is 0.919. The third-order valence-electron chi connectivity index (χ3n) is 4.33. The molecule has 1 atom stereocenters. The van der Waals surface area contributed by atoms with Crippen LogP contribution in [-0.4, -0.2) is 39.3 Å². The van der Waals surface area contributed by atoms with Gasteiger partial charge >= 0.3 is 0 Å². The minimum atomic E-state index is -0.197. The topological polar surface area (TPSA) is 50.4 Å². The van der Waals surface area contributed by atoms with E-state index in [1.165, 1.54) is 12.8 Å². The summed E-state index contributed by atoms with van der Waals surface area (Å²) in [6.07, 6.45) is 4.47. The average Bonchev–Trinajstić information content (AvgIpc) is 2.97. The lowest BCUT2D eigenvalue weighted by Crippen LogP contribution is -2.42. The highest BCUT2D eigenvalue weighted by molar-refractivity contribution is 5.82. The van der Waals surface area contributed by atoms with Crippen LogP contribution in [-0.2, 0) is 9.53 Å². The lowest BCUT2D eigenvalue weighted by atomic mass is 9.88. The Labute approximate surface area is 103 Å². The van der Waals surface area contributed by atoms with Crippen LogP contribution in [0.4, 0.5) is 0 Å². The summed E-state index contributed by atoms with van der Waals surface area (Å²) in [7, 11) is 1.74. The van der Waals surface area contributed by atoms with E-state index in [1.807, 2.05) is 0 Å². The van der Waals surface area contributed by atoms with Crippen LogP contribution in [0.1, 0.15) is 32.6 Å². The number of carbonyl (C=O) groups excluding carboxylic acids is 1. The molecular weight excluding hydrogens is 216 g/mol. The highest BCUT2D eigenvalue weighted by atomic mass is 16.5. The monoisotopic (exact) mass is 240 g/mol. The normalized spacial score (nSPS) is 30.2. The molecule has 4 heteroatoms. The maximum atomic E-state index is 12.1. The van der Waals surface area contributed by atoms with Crippen molar-refractivity contribution in [3.05, 3.63) is 0 Å². The minimum Gasteiger partial charge on any atom is -0.385 e. The Morgan fingerprint density at radius 2 is 2.18 bits per heavy atom. The fraction of sp³-hybridized carbons (Fsp3) is 0.923. The van der Waals surface area contributed by atoms with Gasteiger partial charge in [-0.2, -0.15) is 0 Å². The van der Waals surface area contributed by atoms with Crippen molar-refractivity contribution in [1.29, 1.82) is 0 Å². The molecule has 4 nitrogen and oxygen atoms in total. The molecule has 0 bridgehead atoms. The molecule has 1 unspecified atom stereocenters. The van der Waals surface area contributed by atoms with Gasteiger partial charge in [-0.1, -0.05) is 0 Å². The minimum absolute atomic E-state index is 0.197. The number of nitrogens with one attached hydrogen (secondary N) is 2. The van der Waals surface area contributed by atoms with Gasteiger partial charge in [0.25, 0.3) is 0 Å². The first-order chi connectivity index (χ1) is 8.10. The molecule has 1 saturated carbocycles. The number of amides is 1. The fourth-order valence-electron chi connectivity index (χ4n) is 2.50.